The molecule has 3 rings (SSSR count). The summed E-state index contributed by atoms with van der Waals surface area (Å²) in [6.45, 7) is 0.278. The van der Waals surface area contributed by atoms with Gasteiger partial charge in [0.1, 0.15) is 17.1 Å². The van der Waals surface area contributed by atoms with Crippen LogP contribution in [-0.4, -0.2) is 43.3 Å². The van der Waals surface area contributed by atoms with Crippen molar-refractivity contribution in [1.29, 1.82) is 0 Å². The van der Waals surface area contributed by atoms with Crippen LogP contribution in [0.5, 0.6) is 0 Å². The van der Waals surface area contributed by atoms with Gasteiger partial charge in [0.05, 0.1) is 16.6 Å². The van der Waals surface area contributed by atoms with Crippen LogP contribution in [-0.2, 0) is 26.9 Å². The lowest BCUT2D eigenvalue weighted by Crippen LogP contribution is -2.72. The van der Waals surface area contributed by atoms with E-state index in [1.165, 1.54) is 0 Å². The van der Waals surface area contributed by atoms with Gasteiger partial charge in [-0.05, 0) is 0 Å². The Labute approximate surface area is 123 Å². The number of fused-ring (bicyclic) bond motifs is 1. The molecule has 0 aliphatic carbocycles. The van der Waals surface area contributed by atoms with Gasteiger partial charge < -0.3 is 10.8 Å². The maximum absolute atomic E-state index is 12.2. The normalized spacial score (nSPS) is 28.1. The van der Waals surface area contributed by atoms with E-state index in [1.54, 1.807) is 17.0 Å². The molecule has 3 N–H and O–H groups in total. The highest BCUT2D eigenvalue weighted by Crippen LogP contribution is 2.33. The Morgan fingerprint density at radius 2 is 2.10 bits per heavy atom. The number of aliphatic carboxylic acids is 1. The molecule has 1 amide bonds. The van der Waals surface area contributed by atoms with Crippen molar-refractivity contribution < 1.29 is 23.5 Å². The van der Waals surface area contributed by atoms with E-state index in [4.69, 9.17) is 5.73 Å². The Bertz CT molecular complexity index is 673. The van der Waals surface area contributed by atoms with E-state index >= 15 is 0 Å². The number of carbonyl (C=O) groups excluding carboxylic acids is 1. The van der Waals surface area contributed by atoms with Crippen LogP contribution in [0.25, 0.3) is 0 Å². The lowest BCUT2D eigenvalue weighted by Gasteiger charge is -2.47. The molecule has 110 valence electrons. The smallest absolute Gasteiger partial charge is 0.352 e. The second-order valence-corrected chi connectivity index (χ2v) is 6.49. The van der Waals surface area contributed by atoms with Gasteiger partial charge in [-0.25, -0.2) is 9.36 Å². The molecule has 1 fully saturated rings. The molecule has 0 aromatic carbocycles. The molecule has 0 radical (unpaired) electrons. The van der Waals surface area contributed by atoms with E-state index < -0.39 is 34.1 Å². The third-order valence-corrected chi connectivity index (χ3v) is 5.27. The number of hydrogen-bond donors (Lipinski definition) is 2. The highest BCUT2D eigenvalue weighted by Gasteiger charge is 2.55. The molecule has 0 saturated carbocycles. The number of carboxylic acids is 1. The zero-order valence-electron chi connectivity index (χ0n) is 11.0. The summed E-state index contributed by atoms with van der Waals surface area (Å²) in [5.74, 6) is -1.56. The molecular formula is C13H14N3O4S+. The van der Waals surface area contributed by atoms with Gasteiger partial charge in [0.2, 0.25) is 5.91 Å². The molecule has 21 heavy (non-hydrogen) atoms. The minimum Gasteiger partial charge on any atom is -0.477 e. The van der Waals surface area contributed by atoms with E-state index in [0.717, 1.165) is 4.90 Å². The number of amides is 1. The molecule has 2 aliphatic rings. The number of β-lactam (4-membered cyclic amide) rings is 1. The molecule has 1 aromatic rings. The summed E-state index contributed by atoms with van der Waals surface area (Å²) >= 11 is 0. The number of nitrogens with two attached hydrogens (primary N) is 1. The van der Waals surface area contributed by atoms with Crippen molar-refractivity contribution >= 4 is 22.7 Å². The van der Waals surface area contributed by atoms with Crippen LogP contribution in [0.4, 0.5) is 0 Å². The van der Waals surface area contributed by atoms with E-state index in [1.807, 2.05) is 18.2 Å². The maximum atomic E-state index is 12.2. The third-order valence-electron chi connectivity index (χ3n) is 3.60. The summed E-state index contributed by atoms with van der Waals surface area (Å²) in [5.41, 5.74) is 6.01. The predicted molar refractivity (Wildman–Crippen MR) is 72.9 cm³/mol. The van der Waals surface area contributed by atoms with Crippen molar-refractivity contribution in [3.8, 4) is 0 Å². The first kappa shape index (κ1) is 13.9. The van der Waals surface area contributed by atoms with Gasteiger partial charge in [0.15, 0.2) is 18.9 Å². The highest BCUT2D eigenvalue weighted by atomic mass is 32.2. The Kier molecular flexibility index (Phi) is 3.34. The lowest BCUT2D eigenvalue weighted by atomic mass is 10.0. The van der Waals surface area contributed by atoms with Crippen LogP contribution >= 0.6 is 0 Å². The quantitative estimate of drug-likeness (QED) is 0.526. The fraction of sp³-hybridized carbons (Fsp3) is 0.308. The minimum absolute atomic E-state index is 0.0809. The standard InChI is InChI=1S/C13H13N3O4S/c14-9-11(17)16-10(13(18)19)8(7-21(20)12(9)16)6-15-4-2-1-3-5-15/h1-5,9,12H,6-7,14H2/p+1/t9-,12-,21?/m1/s1. The van der Waals surface area contributed by atoms with Crippen LogP contribution in [0.15, 0.2) is 41.9 Å². The van der Waals surface area contributed by atoms with Crippen molar-refractivity contribution in [1.82, 2.24) is 4.90 Å². The van der Waals surface area contributed by atoms with Gasteiger partial charge in [-0.2, -0.15) is 0 Å². The number of nitrogens with zero attached hydrogens (tertiary/aromatic N) is 2. The molecule has 1 saturated heterocycles. The van der Waals surface area contributed by atoms with Crippen LogP contribution < -0.4 is 10.3 Å². The van der Waals surface area contributed by atoms with E-state index in [-0.39, 0.29) is 18.0 Å². The van der Waals surface area contributed by atoms with Crippen molar-refractivity contribution in [2.24, 2.45) is 5.73 Å². The molecule has 2 aliphatic heterocycles. The zero-order valence-corrected chi connectivity index (χ0v) is 11.8. The topological polar surface area (TPSA) is 105 Å². The Hall–Kier alpha value is -2.06. The SMILES string of the molecule is N[C@@H]1C(=O)N2C(C(=O)O)=C(C[n+]3ccccc3)CS(=O)[C@H]12. The fourth-order valence-electron chi connectivity index (χ4n) is 2.64. The largest absolute Gasteiger partial charge is 0.477 e. The number of aromatic nitrogens is 1. The Balaban J connectivity index is 2.01. The minimum atomic E-state index is -1.37. The molecule has 7 nitrogen and oxygen atoms in total. The summed E-state index contributed by atoms with van der Waals surface area (Å²) in [5, 5.41) is 8.68. The molecule has 0 bridgehead atoms. The fourth-order valence-corrected chi connectivity index (χ4v) is 4.27. The van der Waals surface area contributed by atoms with Crippen molar-refractivity contribution in [2.45, 2.75) is 18.0 Å². The Morgan fingerprint density at radius 3 is 2.71 bits per heavy atom. The average molecular weight is 308 g/mol. The van der Waals surface area contributed by atoms with E-state index in [9.17, 15) is 18.9 Å². The van der Waals surface area contributed by atoms with Gasteiger partial charge in [-0.1, -0.05) is 6.07 Å². The molecule has 3 heterocycles. The van der Waals surface area contributed by atoms with Crippen LogP contribution in [0, 0.1) is 0 Å². The number of pyridine rings is 1. The highest BCUT2D eigenvalue weighted by molar-refractivity contribution is 7.86. The molecular weight excluding hydrogens is 294 g/mol. The van der Waals surface area contributed by atoms with E-state index in [2.05, 4.69) is 0 Å². The van der Waals surface area contributed by atoms with Gasteiger partial charge in [-0.3, -0.25) is 13.9 Å². The second kappa shape index (κ2) is 5.05. The molecule has 0 spiro atoms. The first-order valence-electron chi connectivity index (χ1n) is 6.36. The summed E-state index contributed by atoms with van der Waals surface area (Å²) in [6, 6.07) is 4.60. The van der Waals surface area contributed by atoms with Crippen molar-refractivity contribution in [3.05, 3.63) is 41.9 Å². The average Bonchev–Trinajstić information content (AvgIpc) is 2.46. The molecule has 3 atom stereocenters. The molecule has 8 heteroatoms. The number of rotatable bonds is 3. The summed E-state index contributed by atoms with van der Waals surface area (Å²) in [4.78, 5) is 24.4. The molecule has 1 unspecified atom stereocenters. The number of hydrogen-bond acceptors (Lipinski definition) is 4. The second-order valence-electron chi connectivity index (χ2n) is 4.95. The number of carbonyl (C=O) groups is 2. The maximum Gasteiger partial charge on any atom is 0.352 e. The van der Waals surface area contributed by atoms with Gasteiger partial charge >= 0.3 is 5.97 Å². The van der Waals surface area contributed by atoms with Crippen molar-refractivity contribution in [2.75, 3.05) is 5.75 Å². The molecule has 1 aromatic heterocycles. The predicted octanol–water partition coefficient (Wildman–Crippen LogP) is -1.43. The van der Waals surface area contributed by atoms with Crippen LogP contribution in [0.2, 0.25) is 0 Å². The number of carboxylic acid groups (broad SMARTS) is 1. The van der Waals surface area contributed by atoms with Gasteiger partial charge in [0, 0.05) is 17.7 Å². The Morgan fingerprint density at radius 1 is 1.43 bits per heavy atom. The van der Waals surface area contributed by atoms with Crippen LogP contribution in [0.3, 0.4) is 0 Å². The third kappa shape index (κ3) is 2.16. The summed E-state index contributed by atoms with van der Waals surface area (Å²) in [7, 11) is -1.37. The first-order valence-corrected chi connectivity index (χ1v) is 7.74. The van der Waals surface area contributed by atoms with Crippen LogP contribution in [0.1, 0.15) is 0 Å². The van der Waals surface area contributed by atoms with E-state index in [0.29, 0.717) is 5.57 Å². The van der Waals surface area contributed by atoms with Crippen molar-refractivity contribution in [3.63, 3.8) is 0 Å². The summed E-state index contributed by atoms with van der Waals surface area (Å²) in [6.07, 6.45) is 3.57. The first-order chi connectivity index (χ1) is 10.0. The zero-order chi connectivity index (χ0) is 15.1. The summed E-state index contributed by atoms with van der Waals surface area (Å²) < 4.78 is 14.0. The lowest BCUT2D eigenvalue weighted by molar-refractivity contribution is -0.689. The van der Waals surface area contributed by atoms with Gasteiger partial charge in [0.25, 0.3) is 0 Å². The monoisotopic (exact) mass is 308 g/mol. The van der Waals surface area contributed by atoms with Gasteiger partial charge in [-0.15, -0.1) is 0 Å².